The highest BCUT2D eigenvalue weighted by Gasteiger charge is 2.29. The van der Waals surface area contributed by atoms with Crippen LogP contribution in [0.5, 0.6) is 0 Å². The van der Waals surface area contributed by atoms with Gasteiger partial charge in [-0.15, -0.1) is 0 Å². The van der Waals surface area contributed by atoms with Crippen molar-refractivity contribution < 1.29 is 0 Å². The lowest BCUT2D eigenvalue weighted by Gasteiger charge is -2.20. The van der Waals surface area contributed by atoms with Gasteiger partial charge >= 0.3 is 0 Å². The Labute approximate surface area is 120 Å². The minimum Gasteiger partial charge on any atom is -0.324 e. The number of fused-ring (bicyclic) bond motifs is 1. The van der Waals surface area contributed by atoms with Crippen LogP contribution in [0.1, 0.15) is 53.9 Å². The SMILES string of the molecule is Cc1c(C(C)NC2CC(N)c3ccccc32)cnn1C. The van der Waals surface area contributed by atoms with E-state index in [-0.39, 0.29) is 12.1 Å². The number of benzene rings is 1. The van der Waals surface area contributed by atoms with Crippen LogP contribution in [0.4, 0.5) is 0 Å². The predicted octanol–water partition coefficient (Wildman–Crippen LogP) is 2.52. The number of nitrogens with two attached hydrogens (primary N) is 1. The largest absolute Gasteiger partial charge is 0.324 e. The molecular weight excluding hydrogens is 248 g/mol. The van der Waals surface area contributed by atoms with Crippen LogP contribution < -0.4 is 11.1 Å². The van der Waals surface area contributed by atoms with Crippen LogP contribution in [-0.4, -0.2) is 9.78 Å². The van der Waals surface area contributed by atoms with E-state index in [0.29, 0.717) is 6.04 Å². The van der Waals surface area contributed by atoms with Crippen molar-refractivity contribution in [2.24, 2.45) is 12.8 Å². The number of hydrogen-bond acceptors (Lipinski definition) is 3. The molecule has 3 unspecified atom stereocenters. The van der Waals surface area contributed by atoms with Gasteiger partial charge in [0.05, 0.1) is 6.20 Å². The Hall–Kier alpha value is -1.65. The van der Waals surface area contributed by atoms with Crippen molar-refractivity contribution >= 4 is 0 Å². The number of nitrogens with one attached hydrogen (secondary N) is 1. The number of aryl methyl sites for hydroxylation is 1. The smallest absolute Gasteiger partial charge is 0.0540 e. The van der Waals surface area contributed by atoms with E-state index in [1.54, 1.807) is 0 Å². The molecule has 4 nitrogen and oxygen atoms in total. The third-order valence-electron chi connectivity index (χ3n) is 4.45. The van der Waals surface area contributed by atoms with Crippen molar-refractivity contribution in [3.8, 4) is 0 Å². The fourth-order valence-electron chi connectivity index (χ4n) is 3.16. The molecule has 1 aromatic heterocycles. The van der Waals surface area contributed by atoms with Crippen LogP contribution in [-0.2, 0) is 7.05 Å². The average Bonchev–Trinajstić information content (AvgIpc) is 2.93. The molecular formula is C16H22N4. The van der Waals surface area contributed by atoms with E-state index >= 15 is 0 Å². The predicted molar refractivity (Wildman–Crippen MR) is 80.2 cm³/mol. The van der Waals surface area contributed by atoms with Crippen molar-refractivity contribution in [3.63, 3.8) is 0 Å². The molecule has 3 N–H and O–H groups in total. The molecule has 1 aromatic carbocycles. The second kappa shape index (κ2) is 5.04. The molecule has 0 saturated carbocycles. The van der Waals surface area contributed by atoms with Crippen molar-refractivity contribution in [1.29, 1.82) is 0 Å². The fraction of sp³-hybridized carbons (Fsp3) is 0.438. The zero-order valence-electron chi connectivity index (χ0n) is 12.3. The van der Waals surface area contributed by atoms with E-state index in [4.69, 9.17) is 5.73 Å². The lowest BCUT2D eigenvalue weighted by Crippen LogP contribution is -2.24. The lowest BCUT2D eigenvalue weighted by atomic mass is 10.0. The third kappa shape index (κ3) is 2.15. The third-order valence-corrected chi connectivity index (χ3v) is 4.45. The molecule has 0 saturated heterocycles. The van der Waals surface area contributed by atoms with Gasteiger partial charge in [-0.05, 0) is 31.4 Å². The average molecular weight is 270 g/mol. The summed E-state index contributed by atoms with van der Waals surface area (Å²) >= 11 is 0. The van der Waals surface area contributed by atoms with E-state index in [2.05, 4.69) is 48.5 Å². The van der Waals surface area contributed by atoms with Gasteiger partial charge in [0.2, 0.25) is 0 Å². The molecule has 2 aromatic rings. The fourth-order valence-corrected chi connectivity index (χ4v) is 3.16. The molecule has 1 aliphatic carbocycles. The maximum absolute atomic E-state index is 6.23. The molecule has 0 radical (unpaired) electrons. The highest BCUT2D eigenvalue weighted by atomic mass is 15.3. The summed E-state index contributed by atoms with van der Waals surface area (Å²) in [6.07, 6.45) is 2.91. The standard InChI is InChI=1S/C16H22N4/c1-10(14-9-18-20(3)11(14)2)19-16-8-15(17)12-6-4-5-7-13(12)16/h4-7,9-10,15-16,19H,8,17H2,1-3H3. The van der Waals surface area contributed by atoms with Gasteiger partial charge in [-0.2, -0.15) is 5.10 Å². The van der Waals surface area contributed by atoms with Gasteiger partial charge in [0, 0.05) is 36.4 Å². The minimum absolute atomic E-state index is 0.144. The van der Waals surface area contributed by atoms with Crippen molar-refractivity contribution in [1.82, 2.24) is 15.1 Å². The first-order chi connectivity index (χ1) is 9.58. The summed E-state index contributed by atoms with van der Waals surface area (Å²) in [4.78, 5) is 0. The van der Waals surface area contributed by atoms with Crippen molar-refractivity contribution in [2.45, 2.75) is 38.4 Å². The van der Waals surface area contributed by atoms with Gasteiger partial charge in [-0.25, -0.2) is 0 Å². The van der Waals surface area contributed by atoms with Gasteiger partial charge < -0.3 is 11.1 Å². The molecule has 1 heterocycles. The number of rotatable bonds is 3. The van der Waals surface area contributed by atoms with Gasteiger partial charge in [0.15, 0.2) is 0 Å². The van der Waals surface area contributed by atoms with Gasteiger partial charge in [0.1, 0.15) is 0 Å². The quantitative estimate of drug-likeness (QED) is 0.901. The number of nitrogens with zero attached hydrogens (tertiary/aromatic N) is 2. The van der Waals surface area contributed by atoms with Crippen molar-refractivity contribution in [2.75, 3.05) is 0 Å². The second-order valence-electron chi connectivity index (χ2n) is 5.72. The van der Waals surface area contributed by atoms with Gasteiger partial charge in [-0.1, -0.05) is 24.3 Å². The Bertz CT molecular complexity index is 617. The summed E-state index contributed by atoms with van der Waals surface area (Å²) in [5, 5.41) is 8.03. The number of hydrogen-bond donors (Lipinski definition) is 2. The van der Waals surface area contributed by atoms with Crippen LogP contribution in [0.2, 0.25) is 0 Å². The van der Waals surface area contributed by atoms with Crippen LogP contribution in [0.15, 0.2) is 30.5 Å². The van der Waals surface area contributed by atoms with Crippen molar-refractivity contribution in [3.05, 3.63) is 52.8 Å². The Morgan fingerprint density at radius 1 is 1.35 bits per heavy atom. The Morgan fingerprint density at radius 3 is 2.70 bits per heavy atom. The molecule has 0 fully saturated rings. The minimum atomic E-state index is 0.144. The molecule has 0 spiro atoms. The second-order valence-corrected chi connectivity index (χ2v) is 5.72. The summed E-state index contributed by atoms with van der Waals surface area (Å²) in [6.45, 7) is 4.30. The molecule has 4 heteroatoms. The van der Waals surface area contributed by atoms with E-state index in [1.807, 2.05) is 17.9 Å². The van der Waals surface area contributed by atoms with E-state index in [0.717, 1.165) is 6.42 Å². The van der Waals surface area contributed by atoms with Crippen LogP contribution in [0.25, 0.3) is 0 Å². The first-order valence-electron chi connectivity index (χ1n) is 7.17. The van der Waals surface area contributed by atoms with Crippen LogP contribution in [0, 0.1) is 6.92 Å². The van der Waals surface area contributed by atoms with E-state index in [1.165, 1.54) is 22.4 Å². The van der Waals surface area contributed by atoms with Crippen LogP contribution in [0.3, 0.4) is 0 Å². The summed E-state index contributed by atoms with van der Waals surface area (Å²) in [5.41, 5.74) is 11.3. The Balaban J connectivity index is 1.81. The monoisotopic (exact) mass is 270 g/mol. The maximum atomic E-state index is 6.23. The first-order valence-corrected chi connectivity index (χ1v) is 7.17. The molecule has 0 aliphatic heterocycles. The molecule has 106 valence electrons. The normalized spacial score (nSPS) is 22.8. The summed E-state index contributed by atoms with van der Waals surface area (Å²) in [5.74, 6) is 0. The van der Waals surface area contributed by atoms with Gasteiger partial charge in [0.25, 0.3) is 0 Å². The molecule has 1 aliphatic rings. The van der Waals surface area contributed by atoms with E-state index < -0.39 is 0 Å². The molecule has 0 bridgehead atoms. The van der Waals surface area contributed by atoms with Gasteiger partial charge in [-0.3, -0.25) is 4.68 Å². The topological polar surface area (TPSA) is 55.9 Å². The van der Waals surface area contributed by atoms with Crippen LogP contribution >= 0.6 is 0 Å². The highest BCUT2D eigenvalue weighted by Crippen LogP contribution is 2.38. The van der Waals surface area contributed by atoms with E-state index in [9.17, 15) is 0 Å². The highest BCUT2D eigenvalue weighted by molar-refractivity contribution is 5.37. The summed E-state index contributed by atoms with van der Waals surface area (Å²) in [7, 11) is 1.98. The summed E-state index contributed by atoms with van der Waals surface area (Å²) in [6, 6.07) is 9.22. The zero-order valence-corrected chi connectivity index (χ0v) is 12.3. The summed E-state index contributed by atoms with van der Waals surface area (Å²) < 4.78 is 1.92. The maximum Gasteiger partial charge on any atom is 0.0540 e. The number of aromatic nitrogens is 2. The Kier molecular flexibility index (Phi) is 3.36. The molecule has 0 amide bonds. The molecule has 20 heavy (non-hydrogen) atoms. The zero-order chi connectivity index (χ0) is 14.3. The Morgan fingerprint density at radius 2 is 2.05 bits per heavy atom. The lowest BCUT2D eigenvalue weighted by molar-refractivity contribution is 0.444. The first kappa shape index (κ1) is 13.3. The molecule has 3 rings (SSSR count). The molecule has 3 atom stereocenters.